The van der Waals surface area contributed by atoms with E-state index in [0.29, 0.717) is 24.0 Å². The van der Waals surface area contributed by atoms with Crippen molar-refractivity contribution < 1.29 is 14.3 Å². The summed E-state index contributed by atoms with van der Waals surface area (Å²) < 4.78 is 4.71. The van der Waals surface area contributed by atoms with Crippen LogP contribution in [0, 0.1) is 0 Å². The molecule has 1 aliphatic rings. The Labute approximate surface area is 93.7 Å². The first-order chi connectivity index (χ1) is 7.67. The first kappa shape index (κ1) is 10.6. The van der Waals surface area contributed by atoms with Gasteiger partial charge in [-0.15, -0.1) is 0 Å². The van der Waals surface area contributed by atoms with Gasteiger partial charge in [0.2, 0.25) is 0 Å². The van der Waals surface area contributed by atoms with Gasteiger partial charge in [-0.25, -0.2) is 4.79 Å². The molecule has 0 bridgehead atoms. The normalized spacial score (nSPS) is 13.4. The number of ketones is 1. The summed E-state index contributed by atoms with van der Waals surface area (Å²) in [4.78, 5) is 23.2. The maximum absolute atomic E-state index is 11.6. The molecule has 0 amide bonds. The van der Waals surface area contributed by atoms with Crippen molar-refractivity contribution in [1.82, 2.24) is 0 Å². The average molecular weight is 216 g/mol. The van der Waals surface area contributed by atoms with Gasteiger partial charge in [-0.3, -0.25) is 4.79 Å². The van der Waals surface area contributed by atoms with Crippen molar-refractivity contribution >= 4 is 17.8 Å². The Morgan fingerprint density at radius 2 is 2.19 bits per heavy atom. The Hall–Kier alpha value is -1.90. The highest BCUT2D eigenvalue weighted by Gasteiger charge is 2.25. The van der Waals surface area contributed by atoms with Gasteiger partial charge in [-0.2, -0.15) is 0 Å². The third-order valence-corrected chi connectivity index (χ3v) is 2.82. The third-order valence-electron chi connectivity index (χ3n) is 2.82. The van der Waals surface area contributed by atoms with Crippen molar-refractivity contribution in [2.45, 2.75) is 12.8 Å². The number of hydrogen-bond acceptors (Lipinski definition) is 3. The first-order valence-corrected chi connectivity index (χ1v) is 5.08. The van der Waals surface area contributed by atoms with Crippen LogP contribution in [0.3, 0.4) is 0 Å². The van der Waals surface area contributed by atoms with Crippen LogP contribution in [0.4, 0.5) is 0 Å². The quantitative estimate of drug-likeness (QED) is 0.712. The lowest BCUT2D eigenvalue weighted by Crippen LogP contribution is -2.06. The van der Waals surface area contributed by atoms with Crippen molar-refractivity contribution in [2.75, 3.05) is 7.11 Å². The van der Waals surface area contributed by atoms with E-state index in [4.69, 9.17) is 4.74 Å². The van der Waals surface area contributed by atoms with Gasteiger partial charge in [0.25, 0.3) is 0 Å². The molecule has 0 spiro atoms. The molecule has 0 heterocycles. The maximum Gasteiger partial charge on any atom is 0.338 e. The number of methoxy groups -OCH3 is 1. The number of ether oxygens (including phenoxy) is 1. The zero-order valence-corrected chi connectivity index (χ0v) is 9.08. The van der Waals surface area contributed by atoms with Crippen LogP contribution in [0.2, 0.25) is 0 Å². The van der Waals surface area contributed by atoms with Gasteiger partial charge in [-0.1, -0.05) is 12.7 Å². The van der Waals surface area contributed by atoms with Crippen molar-refractivity contribution in [3.8, 4) is 0 Å². The van der Waals surface area contributed by atoms with Gasteiger partial charge in [0.05, 0.1) is 12.7 Å². The van der Waals surface area contributed by atoms with E-state index in [1.165, 1.54) is 7.11 Å². The monoisotopic (exact) mass is 216 g/mol. The number of carbonyl (C=O) groups is 2. The third kappa shape index (κ3) is 1.54. The molecule has 0 saturated carbocycles. The zero-order valence-electron chi connectivity index (χ0n) is 9.08. The van der Waals surface area contributed by atoms with Crippen molar-refractivity contribution in [3.63, 3.8) is 0 Å². The number of esters is 1. The molecule has 82 valence electrons. The summed E-state index contributed by atoms with van der Waals surface area (Å²) in [7, 11) is 1.34. The Bertz CT molecular complexity index is 486. The van der Waals surface area contributed by atoms with Gasteiger partial charge in [0.15, 0.2) is 5.78 Å². The minimum Gasteiger partial charge on any atom is -0.465 e. The lowest BCUT2D eigenvalue weighted by Gasteiger charge is -2.07. The maximum atomic E-state index is 11.6. The molecule has 0 aromatic heterocycles. The lowest BCUT2D eigenvalue weighted by molar-refractivity contribution is 0.0599. The molecule has 0 aliphatic heterocycles. The second-order valence-corrected chi connectivity index (χ2v) is 3.71. The fraction of sp³-hybridized carbons (Fsp3) is 0.231. The van der Waals surface area contributed by atoms with Gasteiger partial charge >= 0.3 is 5.97 Å². The van der Waals surface area contributed by atoms with E-state index < -0.39 is 5.97 Å². The molecular formula is C13H12O3. The lowest BCUT2D eigenvalue weighted by atomic mass is 9.99. The number of hydrogen-bond donors (Lipinski definition) is 0. The molecule has 1 aromatic carbocycles. The second-order valence-electron chi connectivity index (χ2n) is 3.71. The van der Waals surface area contributed by atoms with Crippen molar-refractivity contribution in [1.29, 1.82) is 0 Å². The zero-order chi connectivity index (χ0) is 11.7. The molecule has 0 saturated heterocycles. The predicted octanol–water partition coefficient (Wildman–Crippen LogP) is 2.25. The van der Waals surface area contributed by atoms with Crippen LogP contribution in [0.5, 0.6) is 0 Å². The Morgan fingerprint density at radius 3 is 2.81 bits per heavy atom. The summed E-state index contributed by atoms with van der Waals surface area (Å²) in [6.45, 7) is 3.64. The number of benzene rings is 1. The van der Waals surface area contributed by atoms with E-state index in [1.807, 2.05) is 0 Å². The number of Topliss-reactive ketones (excluding diaryl/α,β-unsaturated/α-hetero) is 1. The molecule has 1 aliphatic carbocycles. The molecule has 3 nitrogen and oxygen atoms in total. The van der Waals surface area contributed by atoms with Gasteiger partial charge in [0.1, 0.15) is 0 Å². The van der Waals surface area contributed by atoms with Gasteiger partial charge in [0, 0.05) is 12.0 Å². The smallest absolute Gasteiger partial charge is 0.338 e. The van der Waals surface area contributed by atoms with Crippen LogP contribution in [-0.4, -0.2) is 18.9 Å². The number of fused-ring (bicyclic) bond motifs is 1. The molecule has 0 radical (unpaired) electrons. The molecule has 0 atom stereocenters. The molecule has 0 unspecified atom stereocenters. The van der Waals surface area contributed by atoms with E-state index in [-0.39, 0.29) is 5.78 Å². The van der Waals surface area contributed by atoms with Crippen LogP contribution < -0.4 is 0 Å². The summed E-state index contributed by atoms with van der Waals surface area (Å²) >= 11 is 0. The molecule has 16 heavy (non-hydrogen) atoms. The van der Waals surface area contributed by atoms with Crippen molar-refractivity contribution in [2.24, 2.45) is 0 Å². The van der Waals surface area contributed by atoms with Gasteiger partial charge in [-0.05, 0) is 29.7 Å². The fourth-order valence-electron chi connectivity index (χ4n) is 2.00. The fourth-order valence-corrected chi connectivity index (χ4v) is 2.00. The highest BCUT2D eigenvalue weighted by atomic mass is 16.5. The van der Waals surface area contributed by atoms with E-state index >= 15 is 0 Å². The first-order valence-electron chi connectivity index (χ1n) is 5.08. The minimum atomic E-state index is -0.394. The van der Waals surface area contributed by atoms with E-state index in [0.717, 1.165) is 11.1 Å². The summed E-state index contributed by atoms with van der Waals surface area (Å²) in [5.41, 5.74) is 2.70. The number of carbonyl (C=O) groups excluding carboxylic acids is 2. The van der Waals surface area contributed by atoms with E-state index in [9.17, 15) is 9.59 Å². The predicted molar refractivity (Wildman–Crippen MR) is 60.5 cm³/mol. The molecule has 1 aromatic rings. The van der Waals surface area contributed by atoms with Crippen LogP contribution in [0.15, 0.2) is 18.7 Å². The van der Waals surface area contributed by atoms with Crippen molar-refractivity contribution in [3.05, 3.63) is 41.0 Å². The van der Waals surface area contributed by atoms with Gasteiger partial charge < -0.3 is 4.74 Å². The second kappa shape index (κ2) is 3.93. The van der Waals surface area contributed by atoms with E-state index in [1.54, 1.807) is 18.2 Å². The standard InChI is InChI=1S/C13H12O3/c1-3-8-6-10-9(4-5-12(10)14)11(7-8)13(15)16-2/h3,6-7H,1,4-5H2,2H3. The minimum absolute atomic E-state index is 0.0869. The molecule has 3 heteroatoms. The summed E-state index contributed by atoms with van der Waals surface area (Å²) in [5, 5.41) is 0. The average Bonchev–Trinajstić information content (AvgIpc) is 2.69. The van der Waals surface area contributed by atoms with E-state index in [2.05, 4.69) is 6.58 Å². The molecule has 0 N–H and O–H groups in total. The Balaban J connectivity index is 2.64. The molecule has 0 fully saturated rings. The molecule has 2 rings (SSSR count). The van der Waals surface area contributed by atoms with Crippen LogP contribution in [0.25, 0.3) is 6.08 Å². The summed E-state index contributed by atoms with van der Waals surface area (Å²) in [6.07, 6.45) is 2.72. The highest BCUT2D eigenvalue weighted by Crippen LogP contribution is 2.28. The Kier molecular flexibility index (Phi) is 2.60. The topological polar surface area (TPSA) is 43.4 Å². The van der Waals surface area contributed by atoms with Crippen LogP contribution >= 0.6 is 0 Å². The van der Waals surface area contributed by atoms with Crippen LogP contribution in [0.1, 0.15) is 38.3 Å². The highest BCUT2D eigenvalue weighted by molar-refractivity contribution is 6.05. The largest absolute Gasteiger partial charge is 0.465 e. The van der Waals surface area contributed by atoms with Crippen LogP contribution in [-0.2, 0) is 11.2 Å². The number of rotatable bonds is 2. The SMILES string of the molecule is C=Cc1cc2c(c(C(=O)OC)c1)CCC2=O. The Morgan fingerprint density at radius 1 is 1.44 bits per heavy atom. The molecular weight excluding hydrogens is 204 g/mol. The summed E-state index contributed by atoms with van der Waals surface area (Å²) in [6, 6.07) is 3.50. The summed E-state index contributed by atoms with van der Waals surface area (Å²) in [5.74, 6) is -0.307.